The number of aromatic nitrogens is 9. The Labute approximate surface area is 720 Å². The standard InChI is InChI=1S/3C37H21N5/c38-22-24-8-7-9-26(18-24)27-20-36(41-32-13-4-1-10-28(32)29-11-2-5-14-33(29)41)40-37(21-27)42-34-15-6-3-12-30(34)31-19-25(23-39)16-17-35(31)42;38-22-24-13-16-26(17-14-24)27-20-36(41-32-10-4-1-7-28(32)29-8-2-5-11-33(29)41)40-37(21-27)42-34-12-6-3-9-30(34)31-19-25(23-39)15-18-35(31)42;38-22-24-17-18-35-31(19-24)30-13-5-8-16-34(30)42(35)37-21-26(27-10-2-1-9-25(27)23-39)20-36(40-37)41-32-14-6-3-11-28(32)29-12-4-7-15-33(29)41/h3*1-21H. The number of nitriles is 6. The first-order valence-electron chi connectivity index (χ1n) is 41.1. The Bertz CT molecular complexity index is 8810. The maximum Gasteiger partial charge on any atom is 0.140 e. The minimum atomic E-state index is 0.601. The van der Waals surface area contributed by atoms with Crippen molar-refractivity contribution in [3.8, 4) is 105 Å². The summed E-state index contributed by atoms with van der Waals surface area (Å²) in [6.45, 7) is 0. The van der Waals surface area contributed by atoms with Crippen molar-refractivity contribution < 1.29 is 0 Å². The van der Waals surface area contributed by atoms with Crippen molar-refractivity contribution in [1.29, 1.82) is 31.6 Å². The van der Waals surface area contributed by atoms with Crippen LogP contribution < -0.4 is 0 Å². The van der Waals surface area contributed by atoms with E-state index < -0.39 is 0 Å². The molecule has 0 atom stereocenters. The molecule has 0 N–H and O–H groups in total. The first-order valence-corrected chi connectivity index (χ1v) is 41.1. The Morgan fingerprint density at radius 1 is 0.159 bits per heavy atom. The van der Waals surface area contributed by atoms with Crippen LogP contribution in [0.3, 0.4) is 0 Å². The minimum Gasteiger partial charge on any atom is -0.294 e. The Morgan fingerprint density at radius 2 is 0.397 bits per heavy atom. The second kappa shape index (κ2) is 30.4. The van der Waals surface area contributed by atoms with Crippen molar-refractivity contribution >= 4 is 131 Å². The maximum atomic E-state index is 10.00. The number of pyridine rings is 3. The maximum absolute atomic E-state index is 10.00. The highest BCUT2D eigenvalue weighted by Gasteiger charge is 2.25. The van der Waals surface area contributed by atoms with Crippen molar-refractivity contribution in [2.24, 2.45) is 0 Å². The van der Waals surface area contributed by atoms with Gasteiger partial charge in [0.25, 0.3) is 0 Å². The van der Waals surface area contributed by atoms with Crippen LogP contribution in [0, 0.1) is 68.0 Å². The molecule has 126 heavy (non-hydrogen) atoms. The zero-order valence-corrected chi connectivity index (χ0v) is 67.1. The van der Waals surface area contributed by atoms with Gasteiger partial charge in [0.2, 0.25) is 0 Å². The van der Waals surface area contributed by atoms with Crippen molar-refractivity contribution in [3.05, 3.63) is 416 Å². The molecular weight excluding hydrogens is 1540 g/mol. The molecule has 0 amide bonds. The van der Waals surface area contributed by atoms with Gasteiger partial charge in [-0.05, 0) is 209 Å². The molecule has 0 aliphatic heterocycles. The van der Waals surface area contributed by atoms with E-state index in [1.807, 2.05) is 176 Å². The van der Waals surface area contributed by atoms with Gasteiger partial charge in [-0.2, -0.15) is 31.6 Å². The van der Waals surface area contributed by atoms with Crippen LogP contribution in [0.2, 0.25) is 0 Å². The summed E-state index contributed by atoms with van der Waals surface area (Å²) in [4.78, 5) is 16.0. The molecule has 15 nitrogen and oxygen atoms in total. The number of rotatable bonds is 9. The fraction of sp³-hybridized carbons (Fsp3) is 0. The normalized spacial score (nSPS) is 11.3. The van der Waals surface area contributed by atoms with Crippen LogP contribution in [0.15, 0.2) is 382 Å². The van der Waals surface area contributed by atoms with Crippen LogP contribution in [0.5, 0.6) is 0 Å². The van der Waals surface area contributed by atoms with Gasteiger partial charge in [0.05, 0.1) is 136 Å². The van der Waals surface area contributed by atoms with Gasteiger partial charge in [-0.15, -0.1) is 0 Å². The van der Waals surface area contributed by atoms with Gasteiger partial charge in [-0.1, -0.05) is 206 Å². The third-order valence-electron chi connectivity index (χ3n) is 23.9. The highest BCUT2D eigenvalue weighted by atomic mass is 15.2. The molecular formula is C111H63N15. The molecule has 0 fully saturated rings. The van der Waals surface area contributed by atoms with Gasteiger partial charge in [0, 0.05) is 64.6 Å². The van der Waals surface area contributed by atoms with Crippen LogP contribution in [-0.2, 0) is 0 Å². The van der Waals surface area contributed by atoms with Gasteiger partial charge in [0.15, 0.2) is 0 Å². The van der Waals surface area contributed by atoms with Crippen LogP contribution in [0.25, 0.3) is 199 Å². The van der Waals surface area contributed by atoms with E-state index in [1.54, 1.807) is 0 Å². The number of fused-ring (bicyclic) bond motifs is 18. The fourth-order valence-electron chi connectivity index (χ4n) is 18.4. The summed E-state index contributed by atoms with van der Waals surface area (Å²) in [5.74, 6) is 4.58. The molecule has 0 saturated heterocycles. The average Bonchev–Trinajstić information content (AvgIpc) is 1.59. The molecule has 15 aromatic carbocycles. The number of hydrogen-bond acceptors (Lipinski definition) is 9. The summed E-state index contributed by atoms with van der Waals surface area (Å²) < 4.78 is 13.1. The average molecular weight is 1610 g/mol. The second-order valence-corrected chi connectivity index (χ2v) is 31.0. The quantitative estimate of drug-likeness (QED) is 0.134. The predicted molar refractivity (Wildman–Crippen MR) is 503 cm³/mol. The second-order valence-electron chi connectivity index (χ2n) is 31.0. The van der Waals surface area contributed by atoms with Gasteiger partial charge < -0.3 is 0 Å². The highest BCUT2D eigenvalue weighted by molar-refractivity contribution is 6.15. The van der Waals surface area contributed by atoms with Gasteiger partial charge in [-0.3, -0.25) is 27.4 Å². The largest absolute Gasteiger partial charge is 0.294 e. The molecule has 9 aromatic heterocycles. The van der Waals surface area contributed by atoms with E-state index in [2.05, 4.69) is 270 Å². The van der Waals surface area contributed by atoms with Crippen LogP contribution >= 0.6 is 0 Å². The van der Waals surface area contributed by atoms with E-state index in [0.717, 1.165) is 188 Å². The first kappa shape index (κ1) is 73.8. The van der Waals surface area contributed by atoms with E-state index in [-0.39, 0.29) is 0 Å². The van der Waals surface area contributed by atoms with E-state index in [0.29, 0.717) is 33.4 Å². The SMILES string of the molecule is N#Cc1ccc(-c2cc(-n3c4ccccc4c4ccccc43)nc(-n3c4ccccc4c4cc(C#N)ccc43)c2)cc1.N#Cc1ccc2c(c1)c1ccccc1n2-c1cc(-c2ccccc2C#N)cc(-n2c3ccccc3c3ccccc32)n1.N#Cc1cccc(-c2cc(-n3c4ccccc4c4ccccc43)nc(-n3c4ccccc4c4cc(C#N)ccc43)c2)c1. The number of hydrogen-bond donors (Lipinski definition) is 0. The first-order chi connectivity index (χ1) is 62.2. The summed E-state index contributed by atoms with van der Waals surface area (Å²) in [5.41, 5.74) is 21.6. The lowest BCUT2D eigenvalue weighted by Gasteiger charge is -2.15. The monoisotopic (exact) mass is 1610 g/mol. The molecule has 0 aliphatic rings. The van der Waals surface area contributed by atoms with Gasteiger partial charge >= 0.3 is 0 Å². The minimum absolute atomic E-state index is 0.601. The summed E-state index contributed by atoms with van der Waals surface area (Å²) in [6, 6.07) is 142. The van der Waals surface area contributed by atoms with Crippen molar-refractivity contribution in [2.75, 3.05) is 0 Å². The molecule has 24 rings (SSSR count). The van der Waals surface area contributed by atoms with Crippen molar-refractivity contribution in [3.63, 3.8) is 0 Å². The van der Waals surface area contributed by atoms with Crippen LogP contribution in [0.1, 0.15) is 33.4 Å². The van der Waals surface area contributed by atoms with Gasteiger partial charge in [-0.25, -0.2) is 15.0 Å². The van der Waals surface area contributed by atoms with Gasteiger partial charge in [0.1, 0.15) is 34.9 Å². The van der Waals surface area contributed by atoms with Crippen LogP contribution in [0.4, 0.5) is 0 Å². The third kappa shape index (κ3) is 12.3. The van der Waals surface area contributed by atoms with E-state index in [9.17, 15) is 31.6 Å². The van der Waals surface area contributed by atoms with Crippen molar-refractivity contribution in [2.45, 2.75) is 0 Å². The van der Waals surface area contributed by atoms with Crippen LogP contribution in [-0.4, -0.2) is 42.4 Å². The zero-order valence-electron chi connectivity index (χ0n) is 67.1. The van der Waals surface area contributed by atoms with E-state index >= 15 is 0 Å². The Hall–Kier alpha value is -18.5. The molecule has 0 radical (unpaired) electrons. The number of para-hydroxylation sites is 9. The molecule has 15 heteroatoms. The molecule has 24 aromatic rings. The summed E-state index contributed by atoms with van der Waals surface area (Å²) in [6.07, 6.45) is 0. The predicted octanol–water partition coefficient (Wildman–Crippen LogP) is 26.1. The smallest absolute Gasteiger partial charge is 0.140 e. The lowest BCUT2D eigenvalue weighted by molar-refractivity contribution is 1.01. The van der Waals surface area contributed by atoms with E-state index in [4.69, 9.17) is 15.0 Å². The molecule has 0 spiro atoms. The molecule has 582 valence electrons. The zero-order chi connectivity index (χ0) is 84.6. The number of benzene rings is 15. The highest BCUT2D eigenvalue weighted by Crippen LogP contribution is 2.43. The summed E-state index contributed by atoms with van der Waals surface area (Å²) >= 11 is 0. The Kier molecular flexibility index (Phi) is 17.8. The molecule has 0 bridgehead atoms. The fourth-order valence-corrected chi connectivity index (χ4v) is 18.4. The van der Waals surface area contributed by atoms with E-state index in [1.165, 1.54) is 10.8 Å². The topological polar surface area (TPSA) is 211 Å². The Balaban J connectivity index is 0.000000112. The molecule has 0 aliphatic carbocycles. The lowest BCUT2D eigenvalue weighted by Crippen LogP contribution is -2.04. The number of nitrogens with zero attached hydrogens (tertiary/aromatic N) is 15. The summed E-state index contributed by atoms with van der Waals surface area (Å²) in [7, 11) is 0. The summed E-state index contributed by atoms with van der Waals surface area (Å²) in [5, 5.41) is 71.0. The third-order valence-corrected chi connectivity index (χ3v) is 23.9. The molecule has 0 unspecified atom stereocenters. The molecule has 0 saturated carbocycles. The lowest BCUT2D eigenvalue weighted by atomic mass is 10.0. The molecule has 9 heterocycles. The Morgan fingerprint density at radius 3 is 0.690 bits per heavy atom. The van der Waals surface area contributed by atoms with Crippen molar-refractivity contribution in [1.82, 2.24) is 42.4 Å².